The largest absolute Gasteiger partial charge is 0.497 e. The Labute approximate surface area is 211 Å². The van der Waals surface area contributed by atoms with Gasteiger partial charge < -0.3 is 9.47 Å². The van der Waals surface area contributed by atoms with E-state index in [9.17, 15) is 4.79 Å². The number of nitrogens with zero attached hydrogens (tertiary/aromatic N) is 1. The maximum absolute atomic E-state index is 13.7. The van der Waals surface area contributed by atoms with Crippen LogP contribution >= 0.6 is 11.3 Å². The summed E-state index contributed by atoms with van der Waals surface area (Å²) in [6.45, 7) is 3.96. The number of methoxy groups -OCH3 is 1. The summed E-state index contributed by atoms with van der Waals surface area (Å²) in [7, 11) is 1.67. The zero-order chi connectivity index (χ0) is 24.0. The second-order valence-corrected chi connectivity index (χ2v) is 10.2. The maximum Gasteiger partial charge on any atom is 0.194 e. The van der Waals surface area contributed by atoms with Crippen molar-refractivity contribution in [1.29, 1.82) is 0 Å². The van der Waals surface area contributed by atoms with Gasteiger partial charge in [0, 0.05) is 39.1 Å². The van der Waals surface area contributed by atoms with E-state index in [4.69, 9.17) is 9.47 Å². The van der Waals surface area contributed by atoms with Crippen LogP contribution in [0.25, 0.3) is 10.1 Å². The van der Waals surface area contributed by atoms with Crippen LogP contribution in [0.15, 0.2) is 72.8 Å². The molecule has 35 heavy (non-hydrogen) atoms. The number of carbonyl (C=O) groups is 1. The van der Waals surface area contributed by atoms with Crippen molar-refractivity contribution in [3.63, 3.8) is 0 Å². The number of rotatable bonds is 9. The second kappa shape index (κ2) is 11.1. The first-order chi connectivity index (χ1) is 17.2. The van der Waals surface area contributed by atoms with Crippen molar-refractivity contribution < 1.29 is 14.3 Å². The van der Waals surface area contributed by atoms with E-state index in [0.29, 0.717) is 12.2 Å². The quantitative estimate of drug-likeness (QED) is 0.251. The molecule has 0 atom stereocenters. The Hall–Kier alpha value is -3.15. The third-order valence-electron chi connectivity index (χ3n) is 6.65. The molecule has 1 aromatic heterocycles. The van der Waals surface area contributed by atoms with E-state index in [-0.39, 0.29) is 5.78 Å². The Balaban J connectivity index is 1.36. The first-order valence-corrected chi connectivity index (χ1v) is 13.2. The topological polar surface area (TPSA) is 38.8 Å². The molecule has 0 amide bonds. The maximum atomic E-state index is 13.7. The van der Waals surface area contributed by atoms with E-state index >= 15 is 0 Å². The monoisotopic (exact) mass is 485 g/mol. The molecule has 1 saturated heterocycles. The number of carbonyl (C=O) groups excluding carboxylic acids is 1. The molecule has 180 valence electrons. The third kappa shape index (κ3) is 5.58. The lowest BCUT2D eigenvalue weighted by molar-refractivity contribution is 0.104. The molecule has 0 spiro atoms. The normalized spacial score (nSPS) is 14.2. The summed E-state index contributed by atoms with van der Waals surface area (Å²) in [5.41, 5.74) is 2.66. The van der Waals surface area contributed by atoms with Crippen LogP contribution in [0.3, 0.4) is 0 Å². The fourth-order valence-electron chi connectivity index (χ4n) is 4.73. The molecule has 0 unspecified atom stereocenters. The number of benzene rings is 3. The number of piperidine rings is 1. The number of thiophene rings is 1. The Morgan fingerprint density at radius 1 is 0.914 bits per heavy atom. The fourth-order valence-corrected chi connectivity index (χ4v) is 6.00. The minimum Gasteiger partial charge on any atom is -0.497 e. The lowest BCUT2D eigenvalue weighted by Gasteiger charge is -2.26. The highest BCUT2D eigenvalue weighted by Gasteiger charge is 2.21. The molecule has 1 aliphatic rings. The summed E-state index contributed by atoms with van der Waals surface area (Å²) in [6, 6.07) is 23.9. The minimum atomic E-state index is 0.0483. The molecule has 1 aliphatic heterocycles. The molecule has 2 heterocycles. The summed E-state index contributed by atoms with van der Waals surface area (Å²) in [4.78, 5) is 17.3. The summed E-state index contributed by atoms with van der Waals surface area (Å²) < 4.78 is 12.5. The van der Waals surface area contributed by atoms with Crippen molar-refractivity contribution in [2.45, 2.75) is 25.7 Å². The van der Waals surface area contributed by atoms with Crippen LogP contribution in [0.4, 0.5) is 0 Å². The number of ether oxygens (including phenoxy) is 2. The number of fused-ring (bicyclic) bond motifs is 1. The van der Waals surface area contributed by atoms with Crippen LogP contribution in [-0.4, -0.2) is 44.0 Å². The average Bonchev–Trinajstić information content (AvgIpc) is 3.26. The number of hydrogen-bond acceptors (Lipinski definition) is 5. The van der Waals surface area contributed by atoms with Gasteiger partial charge in [0.1, 0.15) is 18.1 Å². The van der Waals surface area contributed by atoms with Gasteiger partial charge in [-0.3, -0.25) is 9.69 Å². The van der Waals surface area contributed by atoms with Crippen molar-refractivity contribution in [2.24, 2.45) is 0 Å². The van der Waals surface area contributed by atoms with Crippen molar-refractivity contribution in [2.75, 3.05) is 33.4 Å². The first kappa shape index (κ1) is 23.6. The van der Waals surface area contributed by atoms with Gasteiger partial charge in [-0.15, -0.1) is 11.3 Å². The van der Waals surface area contributed by atoms with Gasteiger partial charge in [-0.2, -0.15) is 0 Å². The van der Waals surface area contributed by atoms with Crippen LogP contribution in [0.5, 0.6) is 11.5 Å². The molecule has 0 bridgehead atoms. The standard InChI is InChI=1S/C30H31NO3S/c1-33-25-14-15-26-27(21-25)35-28(20-22-8-4-2-5-9-22)29(26)30(32)23-10-12-24(13-11-23)34-19-18-31-16-6-3-7-17-31/h2,4-5,8-15,21H,3,6-7,16-20H2,1H3. The van der Waals surface area contributed by atoms with Gasteiger partial charge >= 0.3 is 0 Å². The third-order valence-corrected chi connectivity index (χ3v) is 7.80. The van der Waals surface area contributed by atoms with E-state index in [1.165, 1.54) is 37.9 Å². The van der Waals surface area contributed by atoms with Gasteiger partial charge in [-0.25, -0.2) is 0 Å². The van der Waals surface area contributed by atoms with Gasteiger partial charge in [0.15, 0.2) is 5.78 Å². The van der Waals surface area contributed by atoms with Crippen LogP contribution in [0, 0.1) is 0 Å². The van der Waals surface area contributed by atoms with E-state index in [1.54, 1.807) is 18.4 Å². The van der Waals surface area contributed by atoms with Crippen LogP contribution in [0.1, 0.15) is 45.6 Å². The summed E-state index contributed by atoms with van der Waals surface area (Å²) in [6.07, 6.45) is 4.63. The number of ketones is 1. The van der Waals surface area contributed by atoms with E-state index in [0.717, 1.165) is 45.0 Å². The van der Waals surface area contributed by atoms with Crippen LogP contribution in [0.2, 0.25) is 0 Å². The van der Waals surface area contributed by atoms with Crippen molar-refractivity contribution in [3.05, 3.63) is 94.4 Å². The Morgan fingerprint density at radius 2 is 1.66 bits per heavy atom. The molecule has 3 aromatic carbocycles. The average molecular weight is 486 g/mol. The van der Waals surface area contributed by atoms with Crippen molar-refractivity contribution >= 4 is 27.2 Å². The lowest BCUT2D eigenvalue weighted by atomic mass is 9.97. The fraction of sp³-hybridized carbons (Fsp3) is 0.300. The summed E-state index contributed by atoms with van der Waals surface area (Å²) >= 11 is 1.67. The van der Waals surface area contributed by atoms with E-state index in [1.807, 2.05) is 60.7 Å². The zero-order valence-electron chi connectivity index (χ0n) is 20.2. The van der Waals surface area contributed by atoms with Crippen molar-refractivity contribution in [3.8, 4) is 11.5 Å². The highest BCUT2D eigenvalue weighted by Crippen LogP contribution is 2.36. The first-order valence-electron chi connectivity index (χ1n) is 12.3. The molecule has 5 rings (SSSR count). The zero-order valence-corrected chi connectivity index (χ0v) is 21.0. The molecule has 4 aromatic rings. The van der Waals surface area contributed by atoms with E-state index in [2.05, 4.69) is 17.0 Å². The molecular formula is C30H31NO3S. The number of hydrogen-bond donors (Lipinski definition) is 0. The molecular weight excluding hydrogens is 454 g/mol. The van der Waals surface area contributed by atoms with Gasteiger partial charge in [-0.05, 0) is 74.0 Å². The van der Waals surface area contributed by atoms with Crippen LogP contribution < -0.4 is 9.47 Å². The highest BCUT2D eigenvalue weighted by atomic mass is 32.1. The van der Waals surface area contributed by atoms with Crippen molar-refractivity contribution in [1.82, 2.24) is 4.90 Å². The molecule has 1 fully saturated rings. The lowest BCUT2D eigenvalue weighted by Crippen LogP contribution is -2.33. The summed E-state index contributed by atoms with van der Waals surface area (Å²) in [5, 5.41) is 0.980. The smallest absolute Gasteiger partial charge is 0.194 e. The Morgan fingerprint density at radius 3 is 2.40 bits per heavy atom. The van der Waals surface area contributed by atoms with E-state index < -0.39 is 0 Å². The molecule has 5 heteroatoms. The van der Waals surface area contributed by atoms with Crippen LogP contribution in [-0.2, 0) is 6.42 Å². The van der Waals surface area contributed by atoms with Gasteiger partial charge in [0.05, 0.1) is 7.11 Å². The van der Waals surface area contributed by atoms with Gasteiger partial charge in [0.2, 0.25) is 0 Å². The molecule has 0 N–H and O–H groups in total. The summed E-state index contributed by atoms with van der Waals surface area (Å²) in [5.74, 6) is 1.66. The minimum absolute atomic E-state index is 0.0483. The molecule has 0 radical (unpaired) electrons. The Bertz CT molecular complexity index is 1270. The SMILES string of the molecule is COc1ccc2c(C(=O)c3ccc(OCCN4CCCCC4)cc3)c(Cc3ccccc3)sc2c1. The second-order valence-electron chi connectivity index (χ2n) is 9.03. The van der Waals surface area contributed by atoms with Gasteiger partial charge in [-0.1, -0.05) is 36.8 Å². The molecule has 4 nitrogen and oxygen atoms in total. The predicted octanol–water partition coefficient (Wildman–Crippen LogP) is 6.60. The number of likely N-dealkylation sites (tertiary alicyclic amines) is 1. The molecule has 0 saturated carbocycles. The van der Waals surface area contributed by atoms with Gasteiger partial charge in [0.25, 0.3) is 0 Å². The Kier molecular flexibility index (Phi) is 7.45. The predicted molar refractivity (Wildman–Crippen MR) is 143 cm³/mol. The molecule has 0 aliphatic carbocycles. The highest BCUT2D eigenvalue weighted by molar-refractivity contribution is 7.19.